The van der Waals surface area contributed by atoms with Crippen molar-refractivity contribution in [3.8, 4) is 17.1 Å². The Bertz CT molecular complexity index is 1650. The number of benzene rings is 2. The summed E-state index contributed by atoms with van der Waals surface area (Å²) in [5, 5.41) is 15.5. The molecule has 14 nitrogen and oxygen atoms in total. The molecule has 50 heavy (non-hydrogen) atoms. The SMILES string of the molecule is CC(C)C[C@H]1NC(=O)[C@@H](C)NC(=O)CN(C(=O)c2ccc(OC(F)F)cc2)CCCNC(=O)Cn2nc(-c3ccccc3)nc2[C@H](C)NC1=O. The summed E-state index contributed by atoms with van der Waals surface area (Å²) in [5.74, 6) is -2.18. The fourth-order valence-corrected chi connectivity index (χ4v) is 5.31. The number of fused-ring (bicyclic) bond motifs is 1. The van der Waals surface area contributed by atoms with Gasteiger partial charge in [-0.2, -0.15) is 13.9 Å². The standard InChI is InChI=1S/C34H42F2N8O6/c1-20(2)17-26-32(48)39-21(3)30-41-29(23-9-6-5-7-10-23)42-44(30)19-27(45)37-15-8-16-43(18-28(46)38-22(4)31(47)40-26)33(49)24-11-13-25(14-12-24)50-34(35)36/h5-7,9-14,20-22,26,34H,8,15-19H2,1-4H3,(H,37,45)(H,38,46)(H,39,48)(H,40,47)/t21-,22+,26+/m0/s1. The van der Waals surface area contributed by atoms with Gasteiger partial charge in [-0.1, -0.05) is 44.2 Å². The van der Waals surface area contributed by atoms with Gasteiger partial charge in [0.05, 0.1) is 12.6 Å². The Labute approximate surface area is 288 Å². The van der Waals surface area contributed by atoms with Crippen molar-refractivity contribution < 1.29 is 37.5 Å². The molecule has 2 aromatic carbocycles. The number of nitrogens with one attached hydrogen (secondary N) is 4. The number of hydrogen-bond donors (Lipinski definition) is 4. The fraction of sp³-hybridized carbons (Fsp3) is 0.441. The van der Waals surface area contributed by atoms with Crippen molar-refractivity contribution in [3.63, 3.8) is 0 Å². The molecule has 1 aliphatic rings. The molecule has 0 spiro atoms. The summed E-state index contributed by atoms with van der Waals surface area (Å²) in [5.41, 5.74) is 0.819. The molecule has 2 heterocycles. The van der Waals surface area contributed by atoms with E-state index in [2.05, 4.69) is 36.1 Å². The Morgan fingerprint density at radius 2 is 1.60 bits per heavy atom. The number of carbonyl (C=O) groups is 5. The van der Waals surface area contributed by atoms with E-state index in [1.54, 1.807) is 6.92 Å². The minimum Gasteiger partial charge on any atom is -0.435 e. The highest BCUT2D eigenvalue weighted by molar-refractivity contribution is 5.97. The lowest BCUT2D eigenvalue weighted by molar-refractivity contribution is -0.132. The summed E-state index contributed by atoms with van der Waals surface area (Å²) in [4.78, 5) is 72.3. The van der Waals surface area contributed by atoms with Crippen molar-refractivity contribution in [2.24, 2.45) is 5.92 Å². The van der Waals surface area contributed by atoms with Gasteiger partial charge >= 0.3 is 6.61 Å². The lowest BCUT2D eigenvalue weighted by Crippen LogP contribution is -2.54. The van der Waals surface area contributed by atoms with Gasteiger partial charge in [-0.15, -0.1) is 0 Å². The number of aromatic nitrogens is 3. The van der Waals surface area contributed by atoms with E-state index < -0.39 is 60.8 Å². The summed E-state index contributed by atoms with van der Waals surface area (Å²) < 4.78 is 31.0. The Morgan fingerprint density at radius 1 is 0.900 bits per heavy atom. The topological polar surface area (TPSA) is 177 Å². The van der Waals surface area contributed by atoms with Gasteiger partial charge in [0, 0.05) is 24.2 Å². The van der Waals surface area contributed by atoms with Gasteiger partial charge in [-0.3, -0.25) is 24.0 Å². The normalized spacial score (nSPS) is 20.1. The summed E-state index contributed by atoms with van der Waals surface area (Å²) in [7, 11) is 0. The van der Waals surface area contributed by atoms with Crippen molar-refractivity contribution in [2.75, 3.05) is 19.6 Å². The average Bonchev–Trinajstić information content (AvgIpc) is 3.49. The fourth-order valence-electron chi connectivity index (χ4n) is 5.31. The van der Waals surface area contributed by atoms with Crippen LogP contribution in [0.1, 0.15) is 62.8 Å². The maximum atomic E-state index is 13.6. The molecule has 1 aliphatic heterocycles. The second-order valence-corrected chi connectivity index (χ2v) is 12.4. The largest absolute Gasteiger partial charge is 0.435 e. The number of ether oxygens (including phenoxy) is 1. The minimum atomic E-state index is -3.04. The van der Waals surface area contributed by atoms with Gasteiger partial charge in [0.15, 0.2) is 5.82 Å². The van der Waals surface area contributed by atoms with Gasteiger partial charge in [-0.25, -0.2) is 9.67 Å². The van der Waals surface area contributed by atoms with E-state index in [0.717, 1.165) is 0 Å². The van der Waals surface area contributed by atoms with E-state index in [4.69, 9.17) is 0 Å². The average molecular weight is 697 g/mol. The van der Waals surface area contributed by atoms with Gasteiger partial charge in [0.1, 0.15) is 30.2 Å². The van der Waals surface area contributed by atoms with Crippen LogP contribution < -0.4 is 26.0 Å². The van der Waals surface area contributed by atoms with Crippen molar-refractivity contribution in [2.45, 2.75) is 71.8 Å². The third-order valence-corrected chi connectivity index (χ3v) is 7.76. The summed E-state index contributed by atoms with van der Waals surface area (Å²) in [6, 6.07) is 11.4. The first-order valence-electron chi connectivity index (χ1n) is 16.3. The predicted molar refractivity (Wildman–Crippen MR) is 178 cm³/mol. The molecule has 0 fully saturated rings. The van der Waals surface area contributed by atoms with Crippen molar-refractivity contribution >= 4 is 29.5 Å². The number of hydrogen-bond acceptors (Lipinski definition) is 8. The number of nitrogens with zero attached hydrogens (tertiary/aromatic N) is 4. The molecule has 1 aromatic heterocycles. The van der Waals surface area contributed by atoms with Gasteiger partial charge < -0.3 is 30.9 Å². The molecule has 3 aromatic rings. The molecule has 0 aliphatic carbocycles. The van der Waals surface area contributed by atoms with E-state index >= 15 is 0 Å². The molecule has 268 valence electrons. The lowest BCUT2D eigenvalue weighted by atomic mass is 10.0. The van der Waals surface area contributed by atoms with E-state index in [0.29, 0.717) is 23.6 Å². The summed E-state index contributed by atoms with van der Waals surface area (Å²) >= 11 is 0. The van der Waals surface area contributed by atoms with Crippen LogP contribution in [-0.2, 0) is 25.7 Å². The quantitative estimate of drug-likeness (QED) is 0.304. The van der Waals surface area contributed by atoms with E-state index in [-0.39, 0.29) is 43.3 Å². The number of halogens is 2. The van der Waals surface area contributed by atoms with Crippen LogP contribution in [0.25, 0.3) is 11.4 Å². The number of carbonyl (C=O) groups excluding carboxylic acids is 5. The molecule has 0 radical (unpaired) electrons. The highest BCUT2D eigenvalue weighted by Gasteiger charge is 2.29. The highest BCUT2D eigenvalue weighted by atomic mass is 19.3. The van der Waals surface area contributed by atoms with Crippen LogP contribution >= 0.6 is 0 Å². The van der Waals surface area contributed by atoms with Crippen molar-refractivity contribution in [3.05, 3.63) is 66.0 Å². The zero-order valence-electron chi connectivity index (χ0n) is 28.3. The van der Waals surface area contributed by atoms with Crippen molar-refractivity contribution in [1.82, 2.24) is 40.9 Å². The third-order valence-electron chi connectivity index (χ3n) is 7.76. The van der Waals surface area contributed by atoms with E-state index in [1.165, 1.54) is 40.8 Å². The van der Waals surface area contributed by atoms with Crippen LogP contribution in [0.3, 0.4) is 0 Å². The number of amides is 5. The highest BCUT2D eigenvalue weighted by Crippen LogP contribution is 2.20. The van der Waals surface area contributed by atoms with Gasteiger partial charge in [0.25, 0.3) is 5.91 Å². The zero-order chi connectivity index (χ0) is 36.4. The molecule has 0 saturated heterocycles. The van der Waals surface area contributed by atoms with Crippen LogP contribution in [-0.4, -0.2) is 87.5 Å². The molecule has 4 rings (SSSR count). The monoisotopic (exact) mass is 696 g/mol. The molecule has 5 amide bonds. The van der Waals surface area contributed by atoms with Crippen LogP contribution in [0.5, 0.6) is 5.75 Å². The van der Waals surface area contributed by atoms with Crippen LogP contribution in [0.15, 0.2) is 54.6 Å². The summed E-state index contributed by atoms with van der Waals surface area (Å²) in [6.07, 6.45) is 0.537. The second kappa shape index (κ2) is 17.3. The number of alkyl halides is 2. The Hall–Kier alpha value is -5.41. The maximum Gasteiger partial charge on any atom is 0.387 e. The summed E-state index contributed by atoms with van der Waals surface area (Å²) in [6.45, 7) is 3.41. The van der Waals surface area contributed by atoms with Crippen LogP contribution in [0.4, 0.5) is 8.78 Å². The molecule has 0 unspecified atom stereocenters. The number of rotatable bonds is 6. The first kappa shape index (κ1) is 37.4. The van der Waals surface area contributed by atoms with Gasteiger partial charge in [0.2, 0.25) is 23.6 Å². The predicted octanol–water partition coefficient (Wildman–Crippen LogP) is 2.42. The molecular weight excluding hydrogens is 654 g/mol. The lowest BCUT2D eigenvalue weighted by Gasteiger charge is -2.25. The van der Waals surface area contributed by atoms with Crippen LogP contribution in [0, 0.1) is 5.92 Å². The second-order valence-electron chi connectivity index (χ2n) is 12.4. The third kappa shape index (κ3) is 10.5. The first-order chi connectivity index (χ1) is 23.8. The van der Waals surface area contributed by atoms with Crippen LogP contribution in [0.2, 0.25) is 0 Å². The first-order valence-corrected chi connectivity index (χ1v) is 16.3. The van der Waals surface area contributed by atoms with E-state index in [9.17, 15) is 32.8 Å². The molecule has 16 heteroatoms. The van der Waals surface area contributed by atoms with E-state index in [1.807, 2.05) is 44.2 Å². The molecule has 0 bridgehead atoms. The molecule has 0 saturated carbocycles. The minimum absolute atomic E-state index is 0.0143. The molecule has 3 atom stereocenters. The molecular formula is C34H42F2N8O6. The Morgan fingerprint density at radius 3 is 2.26 bits per heavy atom. The Balaban J connectivity index is 1.61. The Kier molecular flexibility index (Phi) is 12.9. The zero-order valence-corrected chi connectivity index (χ0v) is 28.3. The van der Waals surface area contributed by atoms with Crippen molar-refractivity contribution in [1.29, 1.82) is 0 Å². The smallest absolute Gasteiger partial charge is 0.387 e. The maximum absolute atomic E-state index is 13.6. The molecule has 4 N–H and O–H groups in total. The van der Waals surface area contributed by atoms with Gasteiger partial charge in [-0.05, 0) is 56.9 Å².